The predicted octanol–water partition coefficient (Wildman–Crippen LogP) is 1.49. The van der Waals surface area contributed by atoms with Crippen molar-refractivity contribution >= 4 is 17.7 Å². The Morgan fingerprint density at radius 2 is 2.15 bits per heavy atom. The monoisotopic (exact) mass is 396 g/mol. The van der Waals surface area contributed by atoms with Crippen molar-refractivity contribution in [3.05, 3.63) is 47.0 Å². The molecule has 2 atom stereocenters. The van der Waals surface area contributed by atoms with E-state index in [0.717, 1.165) is 30.8 Å². The molecule has 1 fully saturated rings. The molecule has 8 nitrogen and oxygen atoms in total. The number of hydrogen-bond donors (Lipinski definition) is 3. The fraction of sp³-hybridized carbons (Fsp3) is 0.444. The molecule has 0 radical (unpaired) electrons. The summed E-state index contributed by atoms with van der Waals surface area (Å²) in [4.78, 5) is 18.9. The number of hydrogen-bond acceptors (Lipinski definition) is 5. The maximum absolute atomic E-state index is 12.1. The molecular formula is C18H25ClN4O4. The Kier molecular flexibility index (Phi) is 7.90. The Labute approximate surface area is 162 Å². The van der Waals surface area contributed by atoms with Crippen LogP contribution in [0.25, 0.3) is 0 Å². The summed E-state index contributed by atoms with van der Waals surface area (Å²) in [7, 11) is 1.65. The highest BCUT2D eigenvalue weighted by molar-refractivity contribution is 6.30. The number of ether oxygens (including phenoxy) is 2. The molecule has 2 aromatic rings. The number of amides is 1. The summed E-state index contributed by atoms with van der Waals surface area (Å²) in [5.74, 6) is 0.831. The Balaban J connectivity index is 0.00000261. The smallest absolute Gasteiger partial charge is 0.407 e. The van der Waals surface area contributed by atoms with E-state index in [1.54, 1.807) is 7.11 Å². The van der Waals surface area contributed by atoms with Gasteiger partial charge in [-0.25, -0.2) is 9.78 Å². The van der Waals surface area contributed by atoms with Crippen molar-refractivity contribution in [2.45, 2.75) is 31.4 Å². The third-order valence-electron chi connectivity index (χ3n) is 4.47. The van der Waals surface area contributed by atoms with E-state index in [-0.39, 0.29) is 17.6 Å². The number of carbonyl (C=O) groups excluding carboxylic acids is 1. The lowest BCUT2D eigenvalue weighted by molar-refractivity contribution is 0.0902. The van der Waals surface area contributed by atoms with Gasteiger partial charge in [-0.05, 0) is 37.1 Å². The van der Waals surface area contributed by atoms with Gasteiger partial charge in [0.05, 0.1) is 19.1 Å². The SMILES string of the molecule is COc1ccc(CC2NCCC2OC(=O)NCCc2[nH]cnc2Cl)cc1.O. The number of rotatable bonds is 7. The number of benzene rings is 1. The summed E-state index contributed by atoms with van der Waals surface area (Å²) in [6.45, 7) is 1.27. The van der Waals surface area contributed by atoms with Crippen LogP contribution in [0.1, 0.15) is 17.7 Å². The Morgan fingerprint density at radius 3 is 2.81 bits per heavy atom. The maximum Gasteiger partial charge on any atom is 0.407 e. The van der Waals surface area contributed by atoms with Gasteiger partial charge in [-0.1, -0.05) is 23.7 Å². The van der Waals surface area contributed by atoms with Crippen molar-refractivity contribution in [3.63, 3.8) is 0 Å². The van der Waals surface area contributed by atoms with Crippen molar-refractivity contribution in [1.29, 1.82) is 0 Å². The van der Waals surface area contributed by atoms with E-state index in [1.807, 2.05) is 24.3 Å². The van der Waals surface area contributed by atoms with Crippen molar-refractivity contribution in [2.24, 2.45) is 0 Å². The molecule has 9 heteroatoms. The molecule has 1 aromatic carbocycles. The molecule has 27 heavy (non-hydrogen) atoms. The van der Waals surface area contributed by atoms with Crippen LogP contribution in [0, 0.1) is 0 Å². The number of nitrogens with zero attached hydrogens (tertiary/aromatic N) is 1. The average molecular weight is 397 g/mol. The standard InChI is InChI=1S/C18H23ClN4O3.H2O/c1-25-13-4-2-12(3-5-13)10-15-16(7-9-20-15)26-18(24)21-8-6-14-17(19)23-11-22-14;/h2-5,11,15-16,20H,6-10H2,1H3,(H,21,24)(H,22,23);1H2. The van der Waals surface area contributed by atoms with Gasteiger partial charge in [0.15, 0.2) is 0 Å². The number of carbonyl (C=O) groups is 1. The maximum atomic E-state index is 12.1. The Morgan fingerprint density at radius 1 is 1.37 bits per heavy atom. The van der Waals surface area contributed by atoms with Crippen molar-refractivity contribution in [3.8, 4) is 5.75 Å². The summed E-state index contributed by atoms with van der Waals surface area (Å²) in [5.41, 5.74) is 1.97. The van der Waals surface area contributed by atoms with Gasteiger partial charge in [0.25, 0.3) is 0 Å². The van der Waals surface area contributed by atoms with E-state index in [2.05, 4.69) is 20.6 Å². The molecule has 1 aliphatic rings. The first-order valence-electron chi connectivity index (χ1n) is 8.64. The number of methoxy groups -OCH3 is 1. The van der Waals surface area contributed by atoms with Crippen LogP contribution in [0.15, 0.2) is 30.6 Å². The average Bonchev–Trinajstić information content (AvgIpc) is 3.25. The molecule has 2 unspecified atom stereocenters. The summed E-state index contributed by atoms with van der Waals surface area (Å²) in [6.07, 6.45) is 3.16. The minimum atomic E-state index is -0.408. The minimum Gasteiger partial charge on any atom is -0.497 e. The highest BCUT2D eigenvalue weighted by Crippen LogP contribution is 2.18. The van der Waals surface area contributed by atoms with Gasteiger partial charge in [0.1, 0.15) is 17.0 Å². The van der Waals surface area contributed by atoms with E-state index in [9.17, 15) is 4.79 Å². The van der Waals surface area contributed by atoms with Crippen molar-refractivity contribution in [1.82, 2.24) is 20.6 Å². The van der Waals surface area contributed by atoms with Crippen LogP contribution in [0.2, 0.25) is 5.15 Å². The van der Waals surface area contributed by atoms with Crippen molar-refractivity contribution in [2.75, 3.05) is 20.2 Å². The number of nitrogens with one attached hydrogen (secondary N) is 3. The van der Waals surface area contributed by atoms with Gasteiger partial charge >= 0.3 is 6.09 Å². The quantitative estimate of drug-likeness (QED) is 0.654. The molecule has 0 spiro atoms. The van der Waals surface area contributed by atoms with E-state index in [1.165, 1.54) is 11.9 Å². The largest absolute Gasteiger partial charge is 0.497 e. The summed E-state index contributed by atoms with van der Waals surface area (Å²) in [6, 6.07) is 8.05. The topological polar surface area (TPSA) is 120 Å². The molecule has 5 N–H and O–H groups in total. The summed E-state index contributed by atoms with van der Waals surface area (Å²) in [5, 5.41) is 6.60. The fourth-order valence-corrected chi connectivity index (χ4v) is 3.25. The summed E-state index contributed by atoms with van der Waals surface area (Å²) < 4.78 is 10.8. The fourth-order valence-electron chi connectivity index (χ4n) is 3.05. The Hall–Kier alpha value is -2.29. The zero-order chi connectivity index (χ0) is 18.4. The van der Waals surface area contributed by atoms with Crippen LogP contribution < -0.4 is 15.4 Å². The lowest BCUT2D eigenvalue weighted by atomic mass is 10.0. The second-order valence-electron chi connectivity index (χ2n) is 6.19. The number of aromatic amines is 1. The van der Waals surface area contributed by atoms with Crippen LogP contribution in [0.5, 0.6) is 5.75 Å². The van der Waals surface area contributed by atoms with Crippen LogP contribution in [0.4, 0.5) is 4.79 Å². The van der Waals surface area contributed by atoms with Gasteiger partial charge in [-0.2, -0.15) is 0 Å². The van der Waals surface area contributed by atoms with E-state index in [4.69, 9.17) is 21.1 Å². The van der Waals surface area contributed by atoms with Crippen molar-refractivity contribution < 1.29 is 19.7 Å². The third-order valence-corrected chi connectivity index (χ3v) is 4.79. The number of alkyl carbamates (subject to hydrolysis) is 1. The van der Waals surface area contributed by atoms with Crippen LogP contribution in [0.3, 0.4) is 0 Å². The first kappa shape index (κ1) is 21.0. The van der Waals surface area contributed by atoms with Crippen LogP contribution >= 0.6 is 11.6 Å². The zero-order valence-electron chi connectivity index (χ0n) is 15.1. The predicted molar refractivity (Wildman–Crippen MR) is 102 cm³/mol. The molecule has 3 rings (SSSR count). The van der Waals surface area contributed by atoms with E-state index >= 15 is 0 Å². The van der Waals surface area contributed by atoms with E-state index < -0.39 is 6.09 Å². The van der Waals surface area contributed by atoms with Gasteiger partial charge in [0.2, 0.25) is 0 Å². The van der Waals surface area contributed by atoms with E-state index in [0.29, 0.717) is 18.1 Å². The lowest BCUT2D eigenvalue weighted by Crippen LogP contribution is -2.38. The van der Waals surface area contributed by atoms with Gasteiger partial charge < -0.3 is 30.6 Å². The first-order valence-corrected chi connectivity index (χ1v) is 9.02. The summed E-state index contributed by atoms with van der Waals surface area (Å²) >= 11 is 5.91. The van der Waals surface area contributed by atoms with Gasteiger partial charge in [0, 0.05) is 19.0 Å². The zero-order valence-corrected chi connectivity index (χ0v) is 15.9. The van der Waals surface area contributed by atoms with Gasteiger partial charge in [-0.15, -0.1) is 0 Å². The number of H-pyrrole nitrogens is 1. The molecule has 0 saturated carbocycles. The number of imidazole rings is 1. The number of halogens is 1. The Bertz CT molecular complexity index is 722. The molecule has 0 aliphatic carbocycles. The molecule has 1 aromatic heterocycles. The minimum absolute atomic E-state index is 0. The third kappa shape index (κ3) is 5.85. The van der Waals surface area contributed by atoms with Crippen LogP contribution in [-0.4, -0.2) is 53.9 Å². The first-order chi connectivity index (χ1) is 12.7. The van der Waals surface area contributed by atoms with Gasteiger partial charge in [-0.3, -0.25) is 0 Å². The molecule has 0 bridgehead atoms. The second-order valence-corrected chi connectivity index (χ2v) is 6.55. The highest BCUT2D eigenvalue weighted by Gasteiger charge is 2.30. The molecule has 148 valence electrons. The molecular weight excluding hydrogens is 372 g/mol. The molecule has 1 aliphatic heterocycles. The lowest BCUT2D eigenvalue weighted by Gasteiger charge is -2.20. The normalized spacial score (nSPS) is 18.6. The highest BCUT2D eigenvalue weighted by atomic mass is 35.5. The second kappa shape index (κ2) is 10.1. The van der Waals surface area contributed by atoms with Crippen LogP contribution in [-0.2, 0) is 17.6 Å². The molecule has 1 saturated heterocycles. The molecule has 2 heterocycles. The number of aromatic nitrogens is 2. The molecule has 1 amide bonds.